The van der Waals surface area contributed by atoms with Gasteiger partial charge in [0, 0.05) is 28.1 Å². The predicted octanol–water partition coefficient (Wildman–Crippen LogP) is 8.80. The van der Waals surface area contributed by atoms with E-state index in [1.165, 1.54) is 38.9 Å². The molecular weight excluding hydrogens is 483 g/mol. The van der Waals surface area contributed by atoms with Crippen molar-refractivity contribution in [3.63, 3.8) is 0 Å². The fourth-order valence-corrected chi connectivity index (χ4v) is 4.66. The summed E-state index contributed by atoms with van der Waals surface area (Å²) >= 11 is 0. The van der Waals surface area contributed by atoms with Gasteiger partial charge in [-0.2, -0.15) is 0 Å². The van der Waals surface area contributed by atoms with Crippen molar-refractivity contribution >= 4 is 22.8 Å². The molecule has 0 amide bonds. The summed E-state index contributed by atoms with van der Waals surface area (Å²) in [5.41, 5.74) is 11.8. The van der Waals surface area contributed by atoms with Crippen molar-refractivity contribution in [1.82, 2.24) is 0 Å². The molecule has 0 atom stereocenters. The number of aliphatic imine (C=N–C) groups is 2. The monoisotopic (exact) mass is 515 g/mol. The van der Waals surface area contributed by atoms with E-state index in [0.29, 0.717) is 5.71 Å². The molecule has 0 unspecified atom stereocenters. The van der Waals surface area contributed by atoms with E-state index < -0.39 is 0 Å². The standard InChI is InChI=1S/C33H33N2.Ni/c1-22-17-18-31(34-26(5)27(6)35-33-24(3)19-23(2)20-25(33)4)30(21-22)32(28-13-9-7-10-14-28)29-15-11-8-12-16-29;/h7-21,32H,5H2,1-4,6H3;/q-1;. The second-order valence-corrected chi connectivity index (χ2v) is 9.32. The van der Waals surface area contributed by atoms with E-state index in [1.54, 1.807) is 0 Å². The molecule has 36 heavy (non-hydrogen) atoms. The van der Waals surface area contributed by atoms with Gasteiger partial charge in [0.1, 0.15) is 0 Å². The number of benzene rings is 4. The third kappa shape index (κ3) is 6.22. The smallest absolute Gasteiger partial charge is 0.0642 e. The molecule has 2 nitrogen and oxygen atoms in total. The zero-order valence-corrected chi connectivity index (χ0v) is 22.6. The van der Waals surface area contributed by atoms with Gasteiger partial charge in [-0.05, 0) is 61.6 Å². The average molecular weight is 516 g/mol. The summed E-state index contributed by atoms with van der Waals surface area (Å²) in [7, 11) is 0. The topological polar surface area (TPSA) is 24.7 Å². The first-order valence-electron chi connectivity index (χ1n) is 12.1. The van der Waals surface area contributed by atoms with Gasteiger partial charge in [-0.1, -0.05) is 114 Å². The van der Waals surface area contributed by atoms with Crippen LogP contribution in [0, 0.1) is 34.6 Å². The van der Waals surface area contributed by atoms with Crippen LogP contribution in [0.4, 0.5) is 11.4 Å². The van der Waals surface area contributed by atoms with E-state index in [2.05, 4.69) is 126 Å². The Bertz CT molecular complexity index is 1320. The van der Waals surface area contributed by atoms with Crippen LogP contribution < -0.4 is 0 Å². The molecule has 4 aromatic rings. The number of rotatable bonds is 6. The van der Waals surface area contributed by atoms with Crippen molar-refractivity contribution in [3.8, 4) is 0 Å². The fourth-order valence-electron chi connectivity index (χ4n) is 4.66. The molecular formula is C33H33N2Ni-. The predicted molar refractivity (Wildman–Crippen MR) is 151 cm³/mol. The fraction of sp³-hybridized carbons (Fsp3) is 0.182. The Morgan fingerprint density at radius 3 is 1.72 bits per heavy atom. The molecule has 186 valence electrons. The molecule has 0 saturated carbocycles. The van der Waals surface area contributed by atoms with Gasteiger partial charge in [0.05, 0.1) is 5.69 Å². The van der Waals surface area contributed by atoms with Crippen molar-refractivity contribution in [2.24, 2.45) is 9.98 Å². The summed E-state index contributed by atoms with van der Waals surface area (Å²) in [6.07, 6.45) is 0. The average Bonchev–Trinajstić information content (AvgIpc) is 2.84. The molecule has 0 fully saturated rings. The number of aryl methyl sites for hydroxylation is 4. The van der Waals surface area contributed by atoms with Crippen LogP contribution >= 0.6 is 0 Å². The van der Waals surface area contributed by atoms with Crippen molar-refractivity contribution < 1.29 is 16.5 Å². The number of nitrogens with zero attached hydrogens (tertiary/aromatic N) is 2. The molecule has 0 heterocycles. The molecule has 0 bridgehead atoms. The van der Waals surface area contributed by atoms with Gasteiger partial charge in [-0.3, -0.25) is 4.99 Å². The van der Waals surface area contributed by atoms with Gasteiger partial charge in [-0.25, -0.2) is 6.92 Å². The van der Waals surface area contributed by atoms with Crippen LogP contribution in [0.1, 0.15) is 51.8 Å². The summed E-state index contributed by atoms with van der Waals surface area (Å²) in [5, 5.41) is 0. The van der Waals surface area contributed by atoms with Crippen LogP contribution in [0.15, 0.2) is 101 Å². The Hall–Kier alpha value is -3.42. The van der Waals surface area contributed by atoms with Gasteiger partial charge in [-0.15, -0.1) is 0 Å². The molecule has 4 aromatic carbocycles. The maximum atomic E-state index is 5.02. The van der Waals surface area contributed by atoms with Crippen molar-refractivity contribution in [1.29, 1.82) is 0 Å². The van der Waals surface area contributed by atoms with Gasteiger partial charge in [0.2, 0.25) is 0 Å². The Kier molecular flexibility index (Phi) is 9.07. The largest absolute Gasteiger partial charge is 0.346 e. The van der Waals surface area contributed by atoms with E-state index in [0.717, 1.165) is 17.1 Å². The second-order valence-electron chi connectivity index (χ2n) is 9.32. The van der Waals surface area contributed by atoms with Crippen LogP contribution in [0.2, 0.25) is 0 Å². The quantitative estimate of drug-likeness (QED) is 0.106. The van der Waals surface area contributed by atoms with E-state index in [1.807, 2.05) is 6.92 Å². The summed E-state index contributed by atoms with van der Waals surface area (Å²) in [6, 6.07) is 32.1. The van der Waals surface area contributed by atoms with Gasteiger partial charge in [0.25, 0.3) is 0 Å². The Balaban J connectivity index is 0.00000361. The third-order valence-electron chi connectivity index (χ3n) is 6.35. The molecule has 0 aromatic heterocycles. The maximum absolute atomic E-state index is 5.02. The summed E-state index contributed by atoms with van der Waals surface area (Å²) in [6.45, 7) is 14.7. The van der Waals surface area contributed by atoms with Crippen LogP contribution in [0.25, 0.3) is 0 Å². The summed E-state index contributed by atoms with van der Waals surface area (Å²) in [4.78, 5) is 9.95. The van der Waals surface area contributed by atoms with Gasteiger partial charge >= 0.3 is 0 Å². The summed E-state index contributed by atoms with van der Waals surface area (Å²) < 4.78 is 0. The minimum atomic E-state index is 0. The number of hydrogen-bond acceptors (Lipinski definition) is 2. The maximum Gasteiger partial charge on any atom is 0.0642 e. The molecule has 0 aliphatic heterocycles. The molecule has 4 rings (SSSR count). The first kappa shape index (κ1) is 27.2. The zero-order chi connectivity index (χ0) is 24.9. The minimum Gasteiger partial charge on any atom is -0.346 e. The number of hydrogen-bond donors (Lipinski definition) is 0. The first-order chi connectivity index (χ1) is 16.8. The molecule has 3 heteroatoms. The van der Waals surface area contributed by atoms with E-state index in [9.17, 15) is 0 Å². The Morgan fingerprint density at radius 2 is 1.19 bits per heavy atom. The Labute approximate surface area is 226 Å². The molecule has 0 aliphatic rings. The normalized spacial score (nSPS) is 11.9. The second kappa shape index (κ2) is 12.0. The van der Waals surface area contributed by atoms with Gasteiger partial charge < -0.3 is 4.99 Å². The van der Waals surface area contributed by atoms with E-state index in [-0.39, 0.29) is 22.4 Å². The molecule has 0 saturated heterocycles. The van der Waals surface area contributed by atoms with Crippen LogP contribution in [0.5, 0.6) is 0 Å². The van der Waals surface area contributed by atoms with Crippen molar-refractivity contribution in [3.05, 3.63) is 137 Å². The van der Waals surface area contributed by atoms with Crippen molar-refractivity contribution in [2.45, 2.75) is 40.5 Å². The molecule has 0 spiro atoms. The van der Waals surface area contributed by atoms with Crippen molar-refractivity contribution in [2.75, 3.05) is 0 Å². The van der Waals surface area contributed by atoms with Crippen LogP contribution in [0.3, 0.4) is 0 Å². The van der Waals surface area contributed by atoms with Crippen LogP contribution in [-0.4, -0.2) is 11.4 Å². The van der Waals surface area contributed by atoms with E-state index in [4.69, 9.17) is 9.98 Å². The molecule has 0 radical (unpaired) electrons. The van der Waals surface area contributed by atoms with E-state index >= 15 is 0 Å². The molecule has 0 N–H and O–H groups in total. The van der Waals surface area contributed by atoms with Crippen LogP contribution in [-0.2, 0) is 16.5 Å². The minimum absolute atomic E-state index is 0. The third-order valence-corrected chi connectivity index (χ3v) is 6.35. The SMILES string of the molecule is [CH2-]C(=Nc1ccc(C)cc1C(c1ccccc1)c1ccccc1)C(C)=Nc1c(C)cc(C)cc1C.[Ni]. The first-order valence-corrected chi connectivity index (χ1v) is 12.1. The Morgan fingerprint density at radius 1 is 0.667 bits per heavy atom. The van der Waals surface area contributed by atoms with Gasteiger partial charge in [0.15, 0.2) is 0 Å². The molecule has 0 aliphatic carbocycles. The summed E-state index contributed by atoms with van der Waals surface area (Å²) in [5.74, 6) is 0.0719. The zero-order valence-electron chi connectivity index (χ0n) is 21.7.